The first-order valence-electron chi connectivity index (χ1n) is 5.94. The Labute approximate surface area is 126 Å². The summed E-state index contributed by atoms with van der Waals surface area (Å²) in [5.74, 6) is 0.0250. The molecular weight excluding hydrogens is 312 g/mol. The Morgan fingerprint density at radius 2 is 2.05 bits per heavy atom. The molecule has 0 spiro atoms. The van der Waals surface area contributed by atoms with Crippen molar-refractivity contribution in [1.82, 2.24) is 5.32 Å². The van der Waals surface area contributed by atoms with Crippen molar-refractivity contribution in [2.24, 2.45) is 0 Å². The summed E-state index contributed by atoms with van der Waals surface area (Å²) in [4.78, 5) is 11.6. The normalized spacial score (nSPS) is 11.0. The van der Waals surface area contributed by atoms with Crippen LogP contribution in [0.25, 0.3) is 0 Å². The van der Waals surface area contributed by atoms with Crippen molar-refractivity contribution in [3.8, 4) is 5.75 Å². The zero-order valence-corrected chi connectivity index (χ0v) is 13.0. The highest BCUT2D eigenvalue weighted by molar-refractivity contribution is 7.94. The van der Waals surface area contributed by atoms with Gasteiger partial charge in [0.2, 0.25) is 0 Å². The van der Waals surface area contributed by atoms with Crippen LogP contribution in [0.3, 0.4) is 0 Å². The third-order valence-electron chi connectivity index (χ3n) is 2.69. The van der Waals surface area contributed by atoms with Gasteiger partial charge in [-0.1, -0.05) is 6.07 Å². The number of hydrogen-bond acceptors (Lipinski definition) is 5. The molecule has 1 heterocycles. The molecule has 21 heavy (non-hydrogen) atoms. The van der Waals surface area contributed by atoms with Crippen LogP contribution in [0.4, 0.5) is 5.69 Å². The van der Waals surface area contributed by atoms with Crippen LogP contribution in [0.15, 0.2) is 39.9 Å². The van der Waals surface area contributed by atoms with Crippen molar-refractivity contribution >= 4 is 33.0 Å². The van der Waals surface area contributed by atoms with E-state index < -0.39 is 10.0 Å². The van der Waals surface area contributed by atoms with Gasteiger partial charge in [0.15, 0.2) is 0 Å². The molecule has 0 radical (unpaired) electrons. The third-order valence-corrected chi connectivity index (χ3v) is 5.46. The molecule has 2 N–H and O–H groups in total. The Hall–Kier alpha value is -2.06. The number of rotatable bonds is 5. The number of nitrogens with one attached hydrogen (secondary N) is 2. The van der Waals surface area contributed by atoms with Crippen LogP contribution in [0.1, 0.15) is 10.4 Å². The summed E-state index contributed by atoms with van der Waals surface area (Å²) in [6, 6.07) is 7.68. The van der Waals surface area contributed by atoms with Crippen LogP contribution >= 0.6 is 11.3 Å². The minimum absolute atomic E-state index is 0.190. The van der Waals surface area contributed by atoms with Gasteiger partial charge < -0.3 is 10.1 Å². The van der Waals surface area contributed by atoms with E-state index >= 15 is 0 Å². The topological polar surface area (TPSA) is 84.5 Å². The molecule has 0 aliphatic carbocycles. The molecule has 0 saturated carbocycles. The largest absolute Gasteiger partial charge is 0.495 e. The Bertz CT molecular complexity index is 740. The quantitative estimate of drug-likeness (QED) is 0.879. The van der Waals surface area contributed by atoms with E-state index in [0.29, 0.717) is 11.3 Å². The Balaban J connectivity index is 2.40. The van der Waals surface area contributed by atoms with Crippen LogP contribution in [0.2, 0.25) is 0 Å². The van der Waals surface area contributed by atoms with E-state index in [2.05, 4.69) is 10.0 Å². The molecule has 6 nitrogen and oxygen atoms in total. The molecule has 1 amide bonds. The maximum absolute atomic E-state index is 12.2. The summed E-state index contributed by atoms with van der Waals surface area (Å²) in [5.41, 5.74) is 0.550. The fourth-order valence-electron chi connectivity index (χ4n) is 1.68. The Kier molecular flexibility index (Phi) is 4.49. The van der Waals surface area contributed by atoms with Gasteiger partial charge in [0.25, 0.3) is 15.9 Å². The van der Waals surface area contributed by atoms with Crippen LogP contribution in [0.5, 0.6) is 5.75 Å². The maximum Gasteiger partial charge on any atom is 0.271 e. The van der Waals surface area contributed by atoms with E-state index in [-0.39, 0.29) is 15.8 Å². The second kappa shape index (κ2) is 6.15. The number of ether oxygens (including phenoxy) is 1. The highest BCUT2D eigenvalue weighted by Crippen LogP contribution is 2.29. The highest BCUT2D eigenvalue weighted by atomic mass is 32.2. The van der Waals surface area contributed by atoms with E-state index in [4.69, 9.17) is 4.74 Å². The second-order valence-corrected chi connectivity index (χ2v) is 6.89. The number of hydrogen-bond donors (Lipinski definition) is 2. The lowest BCUT2D eigenvalue weighted by atomic mass is 10.2. The van der Waals surface area contributed by atoms with Crippen LogP contribution in [0, 0.1) is 0 Å². The smallest absolute Gasteiger partial charge is 0.271 e. The van der Waals surface area contributed by atoms with Crippen LogP contribution in [-0.2, 0) is 10.0 Å². The number of amides is 1. The van der Waals surface area contributed by atoms with E-state index in [1.165, 1.54) is 32.4 Å². The SMILES string of the molecule is CNC(=O)c1ccc(OC)c(NS(=O)(=O)c2cccs2)c1. The molecule has 2 rings (SSSR count). The van der Waals surface area contributed by atoms with Gasteiger partial charge >= 0.3 is 0 Å². The van der Waals surface area contributed by atoms with Crippen molar-refractivity contribution in [3.05, 3.63) is 41.3 Å². The first-order chi connectivity index (χ1) is 9.97. The molecule has 8 heteroatoms. The molecule has 1 aromatic heterocycles. The second-order valence-electron chi connectivity index (χ2n) is 4.03. The summed E-state index contributed by atoms with van der Waals surface area (Å²) >= 11 is 1.11. The summed E-state index contributed by atoms with van der Waals surface area (Å²) in [6.45, 7) is 0. The predicted octanol–water partition coefficient (Wildman–Crippen LogP) is 1.92. The molecule has 0 fully saturated rings. The lowest BCUT2D eigenvalue weighted by Crippen LogP contribution is -2.18. The zero-order valence-electron chi connectivity index (χ0n) is 11.4. The molecular formula is C13H14N2O4S2. The van der Waals surface area contributed by atoms with Gasteiger partial charge in [0, 0.05) is 12.6 Å². The molecule has 0 bridgehead atoms. The standard InChI is InChI=1S/C13H14N2O4S2/c1-14-13(16)9-5-6-11(19-2)10(8-9)15-21(17,18)12-4-3-7-20-12/h3-8,15H,1-2H3,(H,14,16). The van der Waals surface area contributed by atoms with Gasteiger partial charge in [-0.05, 0) is 29.6 Å². The third kappa shape index (κ3) is 3.34. The minimum Gasteiger partial charge on any atom is -0.495 e. The number of carbonyl (C=O) groups excluding carboxylic acids is 1. The Morgan fingerprint density at radius 1 is 1.29 bits per heavy atom. The molecule has 0 aliphatic heterocycles. The average Bonchev–Trinajstić information content (AvgIpc) is 3.01. The van der Waals surface area contributed by atoms with Gasteiger partial charge in [-0.3, -0.25) is 9.52 Å². The van der Waals surface area contributed by atoms with Crippen molar-refractivity contribution < 1.29 is 17.9 Å². The molecule has 0 atom stereocenters. The maximum atomic E-state index is 12.2. The molecule has 0 unspecified atom stereocenters. The number of methoxy groups -OCH3 is 1. The number of sulfonamides is 1. The summed E-state index contributed by atoms with van der Waals surface area (Å²) in [6.07, 6.45) is 0. The van der Waals surface area contributed by atoms with E-state index in [1.54, 1.807) is 17.5 Å². The van der Waals surface area contributed by atoms with E-state index in [1.807, 2.05) is 0 Å². The first-order valence-corrected chi connectivity index (χ1v) is 8.30. The number of thiophene rings is 1. The summed E-state index contributed by atoms with van der Waals surface area (Å²) in [7, 11) is -0.765. The zero-order chi connectivity index (χ0) is 15.5. The van der Waals surface area contributed by atoms with Gasteiger partial charge in [-0.15, -0.1) is 11.3 Å². The first kappa shape index (κ1) is 15.3. The van der Waals surface area contributed by atoms with Crippen LogP contribution in [-0.4, -0.2) is 28.5 Å². The lowest BCUT2D eigenvalue weighted by Gasteiger charge is -2.12. The highest BCUT2D eigenvalue weighted by Gasteiger charge is 2.18. The molecule has 2 aromatic rings. The van der Waals surface area contributed by atoms with Gasteiger partial charge in [0.05, 0.1) is 12.8 Å². The molecule has 112 valence electrons. The molecule has 1 aromatic carbocycles. The van der Waals surface area contributed by atoms with Gasteiger partial charge in [-0.25, -0.2) is 8.42 Å². The summed E-state index contributed by atoms with van der Waals surface area (Å²) < 4.78 is 32.2. The average molecular weight is 326 g/mol. The van der Waals surface area contributed by atoms with Crippen molar-refractivity contribution in [3.63, 3.8) is 0 Å². The van der Waals surface area contributed by atoms with Crippen molar-refractivity contribution in [2.45, 2.75) is 4.21 Å². The van der Waals surface area contributed by atoms with Crippen molar-refractivity contribution in [1.29, 1.82) is 0 Å². The van der Waals surface area contributed by atoms with Crippen molar-refractivity contribution in [2.75, 3.05) is 18.9 Å². The predicted molar refractivity (Wildman–Crippen MR) is 81.5 cm³/mol. The molecule has 0 aliphatic rings. The van der Waals surface area contributed by atoms with Gasteiger partial charge in [-0.2, -0.15) is 0 Å². The fraction of sp³-hybridized carbons (Fsp3) is 0.154. The molecule has 0 saturated heterocycles. The van der Waals surface area contributed by atoms with Crippen LogP contribution < -0.4 is 14.8 Å². The summed E-state index contributed by atoms with van der Waals surface area (Å²) in [5, 5.41) is 4.15. The minimum atomic E-state index is -3.69. The van der Waals surface area contributed by atoms with E-state index in [9.17, 15) is 13.2 Å². The van der Waals surface area contributed by atoms with Gasteiger partial charge in [0.1, 0.15) is 9.96 Å². The monoisotopic (exact) mass is 326 g/mol. The Morgan fingerprint density at radius 3 is 2.62 bits per heavy atom. The number of benzene rings is 1. The van der Waals surface area contributed by atoms with E-state index in [0.717, 1.165) is 11.3 Å². The lowest BCUT2D eigenvalue weighted by molar-refractivity contribution is 0.0963. The number of anilines is 1. The number of carbonyl (C=O) groups is 1. The fourth-order valence-corrected chi connectivity index (χ4v) is 3.74.